The van der Waals surface area contributed by atoms with E-state index in [4.69, 9.17) is 10.5 Å². The molecule has 7 nitrogen and oxygen atoms in total. The molecule has 164 valence electrons. The van der Waals surface area contributed by atoms with Crippen molar-refractivity contribution in [1.29, 1.82) is 0 Å². The molecule has 0 saturated carbocycles. The monoisotopic (exact) mass is 431 g/mol. The first-order valence-corrected chi connectivity index (χ1v) is 10.1. The molecule has 3 rings (SSSR count). The maximum absolute atomic E-state index is 12.4. The summed E-state index contributed by atoms with van der Waals surface area (Å²) < 4.78 is 5.70. The van der Waals surface area contributed by atoms with Crippen molar-refractivity contribution < 1.29 is 19.1 Å². The molecule has 3 aromatic rings. The minimum Gasteiger partial charge on any atom is -0.457 e. The van der Waals surface area contributed by atoms with E-state index >= 15 is 0 Å². The molecule has 0 aromatic heterocycles. The molecule has 0 aliphatic heterocycles. The largest absolute Gasteiger partial charge is 0.457 e. The van der Waals surface area contributed by atoms with Crippen LogP contribution in [0.5, 0.6) is 11.5 Å². The Kier molecular flexibility index (Phi) is 6.90. The Bertz CT molecular complexity index is 1130. The molecule has 4 N–H and O–H groups in total. The highest BCUT2D eigenvalue weighted by molar-refractivity contribution is 6.00. The third-order valence-corrected chi connectivity index (χ3v) is 4.84. The highest BCUT2D eigenvalue weighted by Crippen LogP contribution is 2.23. The predicted molar refractivity (Wildman–Crippen MR) is 123 cm³/mol. The van der Waals surface area contributed by atoms with Gasteiger partial charge in [0.15, 0.2) is 0 Å². The molecular formula is C25H25N3O4. The molecular weight excluding hydrogens is 406 g/mol. The Morgan fingerprint density at radius 2 is 1.31 bits per heavy atom. The Morgan fingerprint density at radius 3 is 1.81 bits per heavy atom. The number of nitrogens with two attached hydrogens (primary N) is 1. The number of carbonyl (C=O) groups excluding carboxylic acids is 3. The summed E-state index contributed by atoms with van der Waals surface area (Å²) in [5.74, 6) is -0.116. The molecule has 7 heteroatoms. The molecule has 0 bridgehead atoms. The highest BCUT2D eigenvalue weighted by Gasteiger charge is 2.11. The van der Waals surface area contributed by atoms with Crippen LogP contribution >= 0.6 is 0 Å². The van der Waals surface area contributed by atoms with Crippen LogP contribution in [0.3, 0.4) is 0 Å². The van der Waals surface area contributed by atoms with Crippen LogP contribution in [0.4, 0.5) is 5.69 Å². The van der Waals surface area contributed by atoms with Crippen molar-refractivity contribution >= 4 is 23.4 Å². The number of benzene rings is 3. The van der Waals surface area contributed by atoms with Crippen molar-refractivity contribution in [3.05, 3.63) is 88.5 Å². The van der Waals surface area contributed by atoms with Crippen LogP contribution in [-0.4, -0.2) is 24.3 Å². The first-order chi connectivity index (χ1) is 15.2. The zero-order valence-corrected chi connectivity index (χ0v) is 18.2. The average Bonchev–Trinajstić information content (AvgIpc) is 2.75. The number of hydrogen-bond acceptors (Lipinski definition) is 4. The van der Waals surface area contributed by atoms with E-state index in [1.54, 1.807) is 48.5 Å². The van der Waals surface area contributed by atoms with Crippen LogP contribution in [0.2, 0.25) is 0 Å². The molecule has 3 aromatic carbocycles. The van der Waals surface area contributed by atoms with Crippen LogP contribution in [0.15, 0.2) is 60.7 Å². The van der Waals surface area contributed by atoms with E-state index < -0.39 is 5.91 Å². The molecule has 0 saturated heterocycles. The van der Waals surface area contributed by atoms with Crippen molar-refractivity contribution in [1.82, 2.24) is 5.32 Å². The molecule has 0 spiro atoms. The van der Waals surface area contributed by atoms with Crippen LogP contribution < -0.4 is 21.1 Å². The van der Waals surface area contributed by atoms with E-state index in [-0.39, 0.29) is 18.4 Å². The van der Waals surface area contributed by atoms with Gasteiger partial charge in [-0.1, -0.05) is 17.7 Å². The van der Waals surface area contributed by atoms with E-state index in [1.807, 2.05) is 32.9 Å². The average molecular weight is 431 g/mol. The van der Waals surface area contributed by atoms with Gasteiger partial charge in [-0.25, -0.2) is 0 Å². The zero-order valence-electron chi connectivity index (χ0n) is 18.2. The lowest BCUT2D eigenvalue weighted by atomic mass is 10.1. The zero-order chi connectivity index (χ0) is 23.3. The molecule has 32 heavy (non-hydrogen) atoms. The van der Waals surface area contributed by atoms with Crippen molar-refractivity contribution in [3.8, 4) is 11.5 Å². The Hall–Kier alpha value is -4.13. The van der Waals surface area contributed by atoms with Gasteiger partial charge < -0.3 is 21.1 Å². The summed E-state index contributed by atoms with van der Waals surface area (Å²) in [7, 11) is 0. The van der Waals surface area contributed by atoms with E-state index in [2.05, 4.69) is 10.6 Å². The van der Waals surface area contributed by atoms with E-state index in [0.29, 0.717) is 22.6 Å². The summed E-state index contributed by atoms with van der Waals surface area (Å²) >= 11 is 0. The number of anilines is 1. The summed E-state index contributed by atoms with van der Waals surface area (Å²) in [6.07, 6.45) is 0. The fourth-order valence-electron chi connectivity index (χ4n) is 3.32. The molecule has 0 aliphatic rings. The standard InChI is InChI=1S/C25H25N3O4/c1-15-12-16(2)23(17(3)13-15)28-22(29)14-27-25(31)19-6-10-21(11-7-19)32-20-8-4-18(5-9-20)24(26)30/h4-13H,14H2,1-3H3,(H2,26,30)(H,27,31)(H,28,29). The van der Waals surface area contributed by atoms with Gasteiger partial charge in [0, 0.05) is 16.8 Å². The van der Waals surface area contributed by atoms with Gasteiger partial charge in [0.2, 0.25) is 11.8 Å². The number of primary amides is 1. The van der Waals surface area contributed by atoms with Crippen molar-refractivity contribution in [3.63, 3.8) is 0 Å². The van der Waals surface area contributed by atoms with Gasteiger partial charge in [-0.05, 0) is 80.4 Å². The normalized spacial score (nSPS) is 10.3. The Labute approximate surface area is 186 Å². The number of amides is 3. The number of nitrogens with one attached hydrogen (secondary N) is 2. The van der Waals surface area contributed by atoms with Crippen LogP contribution in [0.25, 0.3) is 0 Å². The topological polar surface area (TPSA) is 111 Å². The molecule has 0 fully saturated rings. The van der Waals surface area contributed by atoms with Crippen molar-refractivity contribution in [2.75, 3.05) is 11.9 Å². The lowest BCUT2D eigenvalue weighted by Gasteiger charge is -2.13. The minimum absolute atomic E-state index is 0.143. The molecule has 0 unspecified atom stereocenters. The van der Waals surface area contributed by atoms with Gasteiger partial charge >= 0.3 is 0 Å². The first kappa shape index (κ1) is 22.6. The van der Waals surface area contributed by atoms with Crippen LogP contribution in [0, 0.1) is 20.8 Å². The quantitative estimate of drug-likeness (QED) is 0.527. The number of ether oxygens (including phenoxy) is 1. The molecule has 0 aliphatic carbocycles. The summed E-state index contributed by atoms with van der Waals surface area (Å²) in [5.41, 5.74) is 9.85. The van der Waals surface area contributed by atoms with E-state index in [9.17, 15) is 14.4 Å². The lowest BCUT2D eigenvalue weighted by Crippen LogP contribution is -2.33. The van der Waals surface area contributed by atoms with Gasteiger partial charge in [0.1, 0.15) is 11.5 Å². The number of hydrogen-bond donors (Lipinski definition) is 3. The molecule has 0 heterocycles. The third-order valence-electron chi connectivity index (χ3n) is 4.84. The second-order valence-electron chi connectivity index (χ2n) is 7.52. The number of rotatable bonds is 7. The Morgan fingerprint density at radius 1 is 0.812 bits per heavy atom. The highest BCUT2D eigenvalue weighted by atomic mass is 16.5. The second kappa shape index (κ2) is 9.78. The minimum atomic E-state index is -0.510. The lowest BCUT2D eigenvalue weighted by molar-refractivity contribution is -0.115. The van der Waals surface area contributed by atoms with Crippen LogP contribution in [-0.2, 0) is 4.79 Å². The van der Waals surface area contributed by atoms with Crippen molar-refractivity contribution in [2.45, 2.75) is 20.8 Å². The smallest absolute Gasteiger partial charge is 0.251 e. The number of carbonyl (C=O) groups is 3. The number of aryl methyl sites for hydroxylation is 3. The summed E-state index contributed by atoms with van der Waals surface area (Å²) in [4.78, 5) is 35.8. The third kappa shape index (κ3) is 5.72. The summed E-state index contributed by atoms with van der Waals surface area (Å²) in [6.45, 7) is 5.73. The van der Waals surface area contributed by atoms with E-state index in [0.717, 1.165) is 22.4 Å². The fraction of sp³-hybridized carbons (Fsp3) is 0.160. The molecule has 0 atom stereocenters. The van der Waals surface area contributed by atoms with Crippen molar-refractivity contribution in [2.24, 2.45) is 5.73 Å². The fourth-order valence-corrected chi connectivity index (χ4v) is 3.32. The van der Waals surface area contributed by atoms with Crippen LogP contribution in [0.1, 0.15) is 37.4 Å². The first-order valence-electron chi connectivity index (χ1n) is 10.1. The molecule has 0 radical (unpaired) electrons. The van der Waals surface area contributed by atoms with Gasteiger partial charge in [-0.15, -0.1) is 0 Å². The predicted octanol–water partition coefficient (Wildman–Crippen LogP) is 3.87. The SMILES string of the molecule is Cc1cc(C)c(NC(=O)CNC(=O)c2ccc(Oc3ccc(C(N)=O)cc3)cc2)c(C)c1. The maximum atomic E-state index is 12.4. The Balaban J connectivity index is 1.54. The summed E-state index contributed by atoms with van der Waals surface area (Å²) in [6, 6.07) is 16.9. The molecule has 3 amide bonds. The van der Waals surface area contributed by atoms with Gasteiger partial charge in [0.25, 0.3) is 5.91 Å². The van der Waals surface area contributed by atoms with Gasteiger partial charge in [0.05, 0.1) is 6.54 Å². The maximum Gasteiger partial charge on any atom is 0.251 e. The summed E-state index contributed by atoms with van der Waals surface area (Å²) in [5, 5.41) is 5.48. The second-order valence-corrected chi connectivity index (χ2v) is 7.52. The van der Waals surface area contributed by atoms with Gasteiger partial charge in [-0.2, -0.15) is 0 Å². The van der Waals surface area contributed by atoms with Gasteiger partial charge in [-0.3, -0.25) is 14.4 Å². The van der Waals surface area contributed by atoms with E-state index in [1.165, 1.54) is 0 Å².